The summed E-state index contributed by atoms with van der Waals surface area (Å²) >= 11 is 0. The minimum absolute atomic E-state index is 0.0323. The maximum absolute atomic E-state index is 12.4. The van der Waals surface area contributed by atoms with Crippen molar-refractivity contribution in [2.75, 3.05) is 50.0 Å². The molecule has 2 aromatic rings. The molecule has 0 radical (unpaired) electrons. The number of nitrogens with zero attached hydrogens (tertiary/aromatic N) is 4. The van der Waals surface area contributed by atoms with Crippen LogP contribution in [0.4, 0.5) is 11.8 Å². The van der Waals surface area contributed by atoms with Crippen LogP contribution in [0.25, 0.3) is 0 Å². The van der Waals surface area contributed by atoms with Gasteiger partial charge in [-0.05, 0) is 82.9 Å². The van der Waals surface area contributed by atoms with Crippen LogP contribution in [0.5, 0.6) is 0 Å². The van der Waals surface area contributed by atoms with Crippen LogP contribution in [0.1, 0.15) is 75.1 Å². The van der Waals surface area contributed by atoms with Crippen molar-refractivity contribution in [2.24, 2.45) is 0 Å². The molecule has 9 nitrogen and oxygen atoms in total. The Kier molecular flexibility index (Phi) is 10.1. The van der Waals surface area contributed by atoms with Crippen LogP contribution >= 0.6 is 0 Å². The van der Waals surface area contributed by atoms with E-state index in [4.69, 9.17) is 9.72 Å². The Hall–Kier alpha value is -2.78. The number of ketones is 1. The van der Waals surface area contributed by atoms with Crippen molar-refractivity contribution in [1.29, 1.82) is 0 Å². The van der Waals surface area contributed by atoms with Crippen LogP contribution in [-0.2, 0) is 22.4 Å². The van der Waals surface area contributed by atoms with Gasteiger partial charge in [0, 0.05) is 43.9 Å². The summed E-state index contributed by atoms with van der Waals surface area (Å²) in [5, 5.41) is 16.9. The van der Waals surface area contributed by atoms with E-state index in [1.54, 1.807) is 19.3 Å². The van der Waals surface area contributed by atoms with Gasteiger partial charge in [0.2, 0.25) is 0 Å². The molecule has 2 aliphatic rings. The minimum Gasteiger partial charge on any atom is -0.380 e. The first kappa shape index (κ1) is 27.3. The van der Waals surface area contributed by atoms with Crippen molar-refractivity contribution in [2.45, 2.75) is 77.2 Å². The third-order valence-electron chi connectivity index (χ3n) is 7.27. The van der Waals surface area contributed by atoms with Gasteiger partial charge in [0.05, 0.1) is 6.61 Å². The molecule has 9 heteroatoms. The van der Waals surface area contributed by atoms with Gasteiger partial charge in [-0.15, -0.1) is 0 Å². The van der Waals surface area contributed by atoms with Crippen LogP contribution in [0.3, 0.4) is 0 Å². The zero-order valence-corrected chi connectivity index (χ0v) is 22.4. The average molecular weight is 512 g/mol. The van der Waals surface area contributed by atoms with Gasteiger partial charge >= 0.3 is 5.95 Å². The van der Waals surface area contributed by atoms with Crippen molar-refractivity contribution >= 4 is 17.5 Å². The number of pyridine rings is 1. The van der Waals surface area contributed by atoms with E-state index in [1.165, 1.54) is 12.0 Å². The number of carbonyl (C=O) groups is 1. The molecular weight excluding hydrogens is 468 g/mol. The van der Waals surface area contributed by atoms with Gasteiger partial charge in [-0.3, -0.25) is 10.1 Å². The first-order chi connectivity index (χ1) is 18.0. The summed E-state index contributed by atoms with van der Waals surface area (Å²) in [6.07, 6.45) is 11.8. The molecule has 0 saturated heterocycles. The smallest absolute Gasteiger partial charge is 0.380 e. The van der Waals surface area contributed by atoms with Crippen molar-refractivity contribution in [3.05, 3.63) is 41.3 Å². The fourth-order valence-electron chi connectivity index (χ4n) is 4.83. The van der Waals surface area contributed by atoms with Crippen LogP contribution in [-0.4, -0.2) is 71.3 Å². The van der Waals surface area contributed by atoms with E-state index in [2.05, 4.69) is 32.7 Å². The normalized spacial score (nSPS) is 15.8. The molecule has 3 heterocycles. The van der Waals surface area contributed by atoms with Gasteiger partial charge in [-0.1, -0.05) is 15.8 Å². The number of nitrogens with one attached hydrogen (secondary N) is 2. The third kappa shape index (κ3) is 8.36. The molecule has 0 spiro atoms. The van der Waals surface area contributed by atoms with Crippen molar-refractivity contribution in [3.63, 3.8) is 0 Å². The molecule has 0 amide bonds. The monoisotopic (exact) mass is 511 g/mol. The van der Waals surface area contributed by atoms with E-state index in [9.17, 15) is 10.0 Å². The fourth-order valence-corrected chi connectivity index (χ4v) is 4.83. The summed E-state index contributed by atoms with van der Waals surface area (Å²) in [6.45, 7) is 8.50. The van der Waals surface area contributed by atoms with Crippen molar-refractivity contribution in [1.82, 2.24) is 14.9 Å². The van der Waals surface area contributed by atoms with E-state index in [1.807, 2.05) is 6.92 Å². The second-order valence-electron chi connectivity index (χ2n) is 10.3. The lowest BCUT2D eigenvalue weighted by atomic mass is 10.1. The predicted molar refractivity (Wildman–Crippen MR) is 143 cm³/mol. The Bertz CT molecular complexity index is 1030. The second kappa shape index (κ2) is 13.7. The standard InChI is InChI=1S/C28H42N6O3/c1-3-37-18-17-33(15-5-4-8-25-12-11-23-7-6-14-29-27(23)31-25)16-13-26(21(2)35)32-28-30-19-24(20-34(28)36)22-9-10-22/h11-12,19-20,22,26,36H,3-10,13-18H2,1-2H3,(H,29,31)/p+1/t26-/m0/s1. The summed E-state index contributed by atoms with van der Waals surface area (Å²) in [7, 11) is 0. The summed E-state index contributed by atoms with van der Waals surface area (Å²) in [6, 6.07) is 3.97. The summed E-state index contributed by atoms with van der Waals surface area (Å²) in [5.74, 6) is 1.90. The summed E-state index contributed by atoms with van der Waals surface area (Å²) < 4.78 is 6.62. The number of hydrogen-bond donors (Lipinski definition) is 3. The lowest BCUT2D eigenvalue weighted by Crippen LogP contribution is -2.42. The van der Waals surface area contributed by atoms with Crippen LogP contribution in [0, 0.1) is 0 Å². The van der Waals surface area contributed by atoms with Crippen LogP contribution in [0.15, 0.2) is 24.5 Å². The zero-order chi connectivity index (χ0) is 26.0. The van der Waals surface area contributed by atoms with Gasteiger partial charge in [0.15, 0.2) is 5.78 Å². The van der Waals surface area contributed by atoms with Gasteiger partial charge < -0.3 is 20.2 Å². The molecule has 1 saturated carbocycles. The molecule has 0 aromatic carbocycles. The number of aryl methyl sites for hydroxylation is 2. The van der Waals surface area contributed by atoms with E-state index in [0.717, 1.165) is 86.5 Å². The Morgan fingerprint density at radius 1 is 1.30 bits per heavy atom. The Labute approximate surface area is 220 Å². The first-order valence-electron chi connectivity index (χ1n) is 13.9. The number of carbonyl (C=O) groups excluding carboxylic acids is 1. The number of rotatable bonds is 16. The Morgan fingerprint density at radius 3 is 2.92 bits per heavy atom. The topological polar surface area (TPSA) is 103 Å². The number of hydrogen-bond acceptors (Lipinski definition) is 8. The predicted octanol–water partition coefficient (Wildman–Crippen LogP) is 3.36. The first-order valence-corrected chi connectivity index (χ1v) is 13.9. The maximum Gasteiger partial charge on any atom is 0.428 e. The van der Waals surface area contributed by atoms with E-state index >= 15 is 0 Å². The highest BCUT2D eigenvalue weighted by Crippen LogP contribution is 2.39. The highest BCUT2D eigenvalue weighted by atomic mass is 16.5. The fraction of sp³-hybridized carbons (Fsp3) is 0.643. The third-order valence-corrected chi connectivity index (χ3v) is 7.27. The molecule has 1 aliphatic carbocycles. The largest absolute Gasteiger partial charge is 0.428 e. The molecule has 3 N–H and O–H groups in total. The molecule has 0 bridgehead atoms. The molecular formula is C28H43N6O3+. The van der Waals surface area contributed by atoms with Crippen LogP contribution in [0.2, 0.25) is 0 Å². The Morgan fingerprint density at radius 2 is 2.16 bits per heavy atom. The van der Waals surface area contributed by atoms with Gasteiger partial charge in [-0.25, -0.2) is 4.98 Å². The van der Waals surface area contributed by atoms with Crippen molar-refractivity contribution in [3.8, 4) is 0 Å². The molecule has 4 rings (SSSR count). The number of unbranched alkanes of at least 4 members (excludes halogenated alkanes) is 1. The number of Topliss-reactive ketones (excluding diaryl/α,β-unsaturated/α-hetero) is 1. The molecule has 1 aliphatic heterocycles. The quantitative estimate of drug-likeness (QED) is 0.179. The molecule has 202 valence electrons. The Balaban J connectivity index is 1.26. The zero-order valence-electron chi connectivity index (χ0n) is 22.4. The van der Waals surface area contributed by atoms with Gasteiger partial charge in [-0.2, -0.15) is 0 Å². The summed E-state index contributed by atoms with van der Waals surface area (Å²) in [5.41, 5.74) is 3.51. The van der Waals surface area contributed by atoms with E-state index in [0.29, 0.717) is 31.5 Å². The molecule has 1 atom stereocenters. The van der Waals surface area contributed by atoms with Crippen molar-refractivity contribution < 1.29 is 19.5 Å². The maximum atomic E-state index is 12.4. The molecule has 2 aromatic heterocycles. The molecule has 0 unspecified atom stereocenters. The number of fused-ring (bicyclic) bond motifs is 1. The lowest BCUT2D eigenvalue weighted by molar-refractivity contribution is -0.895. The highest BCUT2D eigenvalue weighted by molar-refractivity contribution is 5.83. The molecule has 1 fully saturated rings. The van der Waals surface area contributed by atoms with Crippen LogP contribution < -0.4 is 15.4 Å². The van der Waals surface area contributed by atoms with E-state index in [-0.39, 0.29) is 5.78 Å². The minimum atomic E-state index is -0.417. The average Bonchev–Trinajstić information content (AvgIpc) is 3.75. The summed E-state index contributed by atoms with van der Waals surface area (Å²) in [4.78, 5) is 24.0. The van der Waals surface area contributed by atoms with E-state index < -0.39 is 6.04 Å². The number of ether oxygens (including phenoxy) is 1. The van der Waals surface area contributed by atoms with Gasteiger partial charge in [0.25, 0.3) is 0 Å². The SMILES string of the molecule is CCOCCN(CCCCc1ccc2c(n1)NCCC2)CC[C@H](Nc1ncc(C2CC2)c[n+]1O)C(C)=O. The number of anilines is 2. The molecule has 37 heavy (non-hydrogen) atoms. The number of aromatic nitrogens is 3. The lowest BCUT2D eigenvalue weighted by Gasteiger charge is -2.24. The second-order valence-corrected chi connectivity index (χ2v) is 10.3. The van der Waals surface area contributed by atoms with Gasteiger partial charge in [0.1, 0.15) is 24.3 Å². The highest BCUT2D eigenvalue weighted by Gasteiger charge is 2.28.